The lowest BCUT2D eigenvalue weighted by atomic mass is 9.97. The summed E-state index contributed by atoms with van der Waals surface area (Å²) in [6.45, 7) is 9.26. The maximum Gasteiger partial charge on any atom is 0.313 e. The summed E-state index contributed by atoms with van der Waals surface area (Å²) in [5.41, 5.74) is 2.39. The van der Waals surface area contributed by atoms with Crippen molar-refractivity contribution in [2.24, 2.45) is 5.92 Å². The van der Waals surface area contributed by atoms with E-state index in [9.17, 15) is 4.79 Å². The summed E-state index contributed by atoms with van der Waals surface area (Å²) in [4.78, 5) is 12.3. The van der Waals surface area contributed by atoms with E-state index in [1.165, 1.54) is 102 Å². The summed E-state index contributed by atoms with van der Waals surface area (Å²) in [6.07, 6.45) is 22.8. The number of carbonyl (C=O) groups excluding carboxylic acids is 1. The fourth-order valence-corrected chi connectivity index (χ4v) is 4.50. The number of carbonyl (C=O) groups is 1. The molecule has 0 saturated carbocycles. The van der Waals surface area contributed by atoms with E-state index < -0.39 is 0 Å². The van der Waals surface area contributed by atoms with E-state index in [2.05, 4.69) is 45.0 Å². The van der Waals surface area contributed by atoms with Gasteiger partial charge in [0.05, 0.1) is 12.5 Å². The van der Waals surface area contributed by atoms with E-state index >= 15 is 0 Å². The molecule has 0 amide bonds. The molecule has 0 aromatic heterocycles. The summed E-state index contributed by atoms with van der Waals surface area (Å²) in [7, 11) is 0. The van der Waals surface area contributed by atoms with Gasteiger partial charge in [0.15, 0.2) is 0 Å². The van der Waals surface area contributed by atoms with Crippen molar-refractivity contribution < 1.29 is 9.53 Å². The van der Waals surface area contributed by atoms with Crippen LogP contribution in [0.25, 0.3) is 0 Å². The number of hydrogen-bond donors (Lipinski definition) is 0. The van der Waals surface area contributed by atoms with Crippen LogP contribution in [0.3, 0.4) is 0 Å². The van der Waals surface area contributed by atoms with Crippen LogP contribution in [0.1, 0.15) is 147 Å². The van der Waals surface area contributed by atoms with Gasteiger partial charge in [-0.05, 0) is 36.8 Å². The Morgan fingerprint density at radius 3 is 1.52 bits per heavy atom. The molecule has 33 heavy (non-hydrogen) atoms. The molecular weight excluding hydrogens is 404 g/mol. The van der Waals surface area contributed by atoms with E-state index in [4.69, 9.17) is 4.74 Å². The molecule has 0 bridgehead atoms. The molecule has 0 N–H and O–H groups in total. The number of unbranched alkanes of at least 4 members (excludes halogenated alkanes) is 15. The van der Waals surface area contributed by atoms with Crippen molar-refractivity contribution in [3.05, 3.63) is 35.4 Å². The molecule has 0 spiro atoms. The molecule has 0 heterocycles. The lowest BCUT2D eigenvalue weighted by molar-refractivity contribution is -0.145. The third-order valence-corrected chi connectivity index (χ3v) is 6.72. The minimum absolute atomic E-state index is 0.0902. The molecule has 0 fully saturated rings. The highest BCUT2D eigenvalue weighted by Gasteiger charge is 2.16. The Bertz CT molecular complexity index is 575. The Morgan fingerprint density at radius 1 is 0.667 bits per heavy atom. The van der Waals surface area contributed by atoms with Gasteiger partial charge in [0.2, 0.25) is 0 Å². The second-order valence-electron chi connectivity index (χ2n) is 10.5. The van der Waals surface area contributed by atoms with E-state index in [0.29, 0.717) is 12.5 Å². The van der Waals surface area contributed by atoms with Crippen LogP contribution >= 0.6 is 0 Å². The molecule has 1 aromatic carbocycles. The van der Waals surface area contributed by atoms with E-state index in [1.54, 1.807) is 0 Å². The Labute approximate surface area is 206 Å². The van der Waals surface area contributed by atoms with Crippen molar-refractivity contribution >= 4 is 5.97 Å². The number of ether oxygens (including phenoxy) is 1. The summed E-state index contributed by atoms with van der Waals surface area (Å²) < 4.78 is 5.53. The fourth-order valence-electron chi connectivity index (χ4n) is 4.50. The van der Waals surface area contributed by atoms with Crippen LogP contribution in [-0.4, -0.2) is 12.6 Å². The molecule has 2 heteroatoms. The first-order valence-corrected chi connectivity index (χ1v) is 14.3. The van der Waals surface area contributed by atoms with Gasteiger partial charge in [-0.2, -0.15) is 0 Å². The van der Waals surface area contributed by atoms with Crippen LogP contribution in [0.2, 0.25) is 0 Å². The third-order valence-electron chi connectivity index (χ3n) is 6.72. The predicted molar refractivity (Wildman–Crippen MR) is 144 cm³/mol. The summed E-state index contributed by atoms with van der Waals surface area (Å²) in [5, 5.41) is 0. The number of hydrogen-bond acceptors (Lipinski definition) is 2. The molecule has 190 valence electrons. The van der Waals surface area contributed by atoms with E-state index in [1.807, 2.05) is 6.92 Å². The third kappa shape index (κ3) is 16.0. The topological polar surface area (TPSA) is 26.3 Å². The van der Waals surface area contributed by atoms with Crippen molar-refractivity contribution in [2.75, 3.05) is 6.61 Å². The van der Waals surface area contributed by atoms with Gasteiger partial charge in [0.1, 0.15) is 0 Å². The second kappa shape index (κ2) is 20.1. The molecule has 1 aromatic rings. The quantitative estimate of drug-likeness (QED) is 0.135. The van der Waals surface area contributed by atoms with E-state index in [0.717, 1.165) is 18.4 Å². The van der Waals surface area contributed by atoms with Crippen LogP contribution < -0.4 is 0 Å². The number of benzene rings is 1. The molecule has 1 rings (SSSR count). The van der Waals surface area contributed by atoms with Crippen molar-refractivity contribution in [3.8, 4) is 0 Å². The van der Waals surface area contributed by atoms with Gasteiger partial charge >= 0.3 is 5.97 Å². The minimum atomic E-state index is -0.181. The lowest BCUT2D eigenvalue weighted by Gasteiger charge is -2.13. The van der Waals surface area contributed by atoms with Gasteiger partial charge in [0, 0.05) is 0 Å². The SMILES string of the molecule is CCCCCCCCCCCCCCCCCCOC(=O)C(C)c1ccc(CC(C)C)cc1. The normalized spacial score (nSPS) is 12.3. The van der Waals surface area contributed by atoms with Gasteiger partial charge in [-0.1, -0.05) is 141 Å². The van der Waals surface area contributed by atoms with Crippen LogP contribution in [0.5, 0.6) is 0 Å². The number of rotatable bonds is 21. The van der Waals surface area contributed by atoms with Crippen molar-refractivity contribution in [2.45, 2.75) is 143 Å². The molecule has 0 radical (unpaired) electrons. The minimum Gasteiger partial charge on any atom is -0.465 e. The number of esters is 1. The average Bonchev–Trinajstić information content (AvgIpc) is 2.80. The highest BCUT2D eigenvalue weighted by molar-refractivity contribution is 5.77. The molecule has 0 aliphatic carbocycles. The van der Waals surface area contributed by atoms with Gasteiger partial charge in [-0.25, -0.2) is 0 Å². The summed E-state index contributed by atoms with van der Waals surface area (Å²) in [5.74, 6) is 0.379. The zero-order valence-electron chi connectivity index (χ0n) is 22.5. The molecule has 0 aliphatic rings. The molecule has 1 unspecified atom stereocenters. The van der Waals surface area contributed by atoms with Crippen molar-refractivity contribution in [3.63, 3.8) is 0 Å². The molecular formula is C31H54O2. The Morgan fingerprint density at radius 2 is 1.09 bits per heavy atom. The second-order valence-corrected chi connectivity index (χ2v) is 10.5. The first-order chi connectivity index (χ1) is 16.0. The summed E-state index contributed by atoms with van der Waals surface area (Å²) in [6, 6.07) is 8.46. The van der Waals surface area contributed by atoms with Crippen LogP contribution in [0.15, 0.2) is 24.3 Å². The Hall–Kier alpha value is -1.31. The van der Waals surface area contributed by atoms with Crippen LogP contribution in [0.4, 0.5) is 0 Å². The monoisotopic (exact) mass is 458 g/mol. The Balaban J connectivity index is 1.92. The van der Waals surface area contributed by atoms with Crippen LogP contribution in [-0.2, 0) is 16.0 Å². The molecule has 0 aliphatic heterocycles. The summed E-state index contributed by atoms with van der Waals surface area (Å²) >= 11 is 0. The maximum atomic E-state index is 12.3. The first-order valence-electron chi connectivity index (χ1n) is 14.3. The van der Waals surface area contributed by atoms with Gasteiger partial charge < -0.3 is 4.74 Å². The fraction of sp³-hybridized carbons (Fsp3) is 0.774. The predicted octanol–water partition coefficient (Wildman–Crippen LogP) is 9.79. The first kappa shape index (κ1) is 29.7. The highest BCUT2D eigenvalue weighted by atomic mass is 16.5. The molecule has 2 nitrogen and oxygen atoms in total. The Kier molecular flexibility index (Phi) is 18.1. The lowest BCUT2D eigenvalue weighted by Crippen LogP contribution is -2.14. The average molecular weight is 459 g/mol. The highest BCUT2D eigenvalue weighted by Crippen LogP contribution is 2.19. The van der Waals surface area contributed by atoms with Crippen molar-refractivity contribution in [1.29, 1.82) is 0 Å². The van der Waals surface area contributed by atoms with Gasteiger partial charge in [0.25, 0.3) is 0 Å². The van der Waals surface area contributed by atoms with Gasteiger partial charge in [-0.3, -0.25) is 4.79 Å². The zero-order valence-corrected chi connectivity index (χ0v) is 22.5. The van der Waals surface area contributed by atoms with Crippen molar-refractivity contribution in [1.82, 2.24) is 0 Å². The largest absolute Gasteiger partial charge is 0.465 e. The standard InChI is InChI=1S/C31H54O2/c1-5-6-7-8-9-10-11-12-13-14-15-16-17-18-19-20-25-33-31(32)28(4)30-23-21-29(22-24-30)26-27(2)3/h21-24,27-28H,5-20,25-26H2,1-4H3. The molecule has 1 atom stereocenters. The maximum absolute atomic E-state index is 12.3. The van der Waals surface area contributed by atoms with Crippen LogP contribution in [0, 0.1) is 5.92 Å². The van der Waals surface area contributed by atoms with E-state index in [-0.39, 0.29) is 11.9 Å². The smallest absolute Gasteiger partial charge is 0.313 e. The zero-order chi connectivity index (χ0) is 24.2. The van der Waals surface area contributed by atoms with Gasteiger partial charge in [-0.15, -0.1) is 0 Å². The molecule has 0 saturated heterocycles.